The monoisotopic (exact) mass is 318 g/mol. The normalized spacial score (nSPS) is 33.0. The Labute approximate surface area is 127 Å². The molecule has 7 heteroatoms. The molecule has 6 nitrogen and oxygen atoms in total. The van der Waals surface area contributed by atoms with Crippen molar-refractivity contribution in [3.05, 3.63) is 0 Å². The van der Waals surface area contributed by atoms with E-state index in [9.17, 15) is 13.2 Å². The first-order chi connectivity index (χ1) is 9.80. The van der Waals surface area contributed by atoms with E-state index in [1.54, 1.807) is 4.90 Å². The molecular formula is C14H26N2O4S. The Bertz CT molecular complexity index is 469. The number of ether oxygens (including phenoxy) is 1. The molecule has 2 saturated heterocycles. The minimum Gasteiger partial charge on any atom is -0.373 e. The highest BCUT2D eigenvalue weighted by molar-refractivity contribution is 7.91. The van der Waals surface area contributed by atoms with Gasteiger partial charge >= 0.3 is 0 Å². The average molecular weight is 318 g/mol. The van der Waals surface area contributed by atoms with Gasteiger partial charge < -0.3 is 9.64 Å². The van der Waals surface area contributed by atoms with E-state index in [1.807, 2.05) is 20.8 Å². The third kappa shape index (κ3) is 4.40. The van der Waals surface area contributed by atoms with Crippen LogP contribution >= 0.6 is 0 Å². The first-order valence-electron chi connectivity index (χ1n) is 7.68. The zero-order chi connectivity index (χ0) is 15.6. The topological polar surface area (TPSA) is 66.9 Å². The zero-order valence-electron chi connectivity index (χ0n) is 13.1. The molecule has 0 N–H and O–H groups in total. The lowest BCUT2D eigenvalue weighted by Crippen LogP contribution is -2.51. The Kier molecular flexibility index (Phi) is 5.27. The van der Waals surface area contributed by atoms with Crippen LogP contribution in [-0.4, -0.2) is 80.1 Å². The number of rotatable bonds is 4. The minimum absolute atomic E-state index is 0.0286. The molecule has 1 amide bonds. The number of amides is 1. The Morgan fingerprint density at radius 1 is 1.29 bits per heavy atom. The van der Waals surface area contributed by atoms with Crippen LogP contribution in [0, 0.1) is 0 Å². The molecule has 0 aliphatic carbocycles. The van der Waals surface area contributed by atoms with Gasteiger partial charge in [-0.05, 0) is 27.2 Å². The quantitative estimate of drug-likeness (QED) is 0.737. The maximum Gasteiger partial charge on any atom is 0.237 e. The molecule has 2 heterocycles. The number of sulfone groups is 1. The molecule has 122 valence electrons. The Morgan fingerprint density at radius 2 is 1.90 bits per heavy atom. The number of hydrogen-bond donors (Lipinski definition) is 0. The van der Waals surface area contributed by atoms with Gasteiger partial charge in [-0.25, -0.2) is 8.42 Å². The summed E-state index contributed by atoms with van der Waals surface area (Å²) in [5.74, 6) is 0.344. The summed E-state index contributed by atoms with van der Waals surface area (Å²) in [6.45, 7) is 8.33. The van der Waals surface area contributed by atoms with Gasteiger partial charge in [-0.3, -0.25) is 9.69 Å². The molecule has 2 aliphatic heterocycles. The molecular weight excluding hydrogens is 292 g/mol. The highest BCUT2D eigenvalue weighted by Gasteiger charge is 2.34. The summed E-state index contributed by atoms with van der Waals surface area (Å²) in [4.78, 5) is 16.3. The van der Waals surface area contributed by atoms with Gasteiger partial charge in [-0.2, -0.15) is 0 Å². The molecule has 0 radical (unpaired) electrons. The van der Waals surface area contributed by atoms with Crippen LogP contribution in [0.15, 0.2) is 0 Å². The van der Waals surface area contributed by atoms with E-state index in [-0.39, 0.29) is 35.7 Å². The van der Waals surface area contributed by atoms with E-state index in [4.69, 9.17) is 4.74 Å². The van der Waals surface area contributed by atoms with Crippen molar-refractivity contribution < 1.29 is 17.9 Å². The lowest BCUT2D eigenvalue weighted by molar-refractivity contribution is -0.137. The van der Waals surface area contributed by atoms with Gasteiger partial charge in [-0.15, -0.1) is 0 Å². The predicted molar refractivity (Wildman–Crippen MR) is 80.9 cm³/mol. The average Bonchev–Trinajstić information content (AvgIpc) is 2.69. The SMILES string of the molecule is CCN(C(=O)CN1CC(C)OC(C)C1)C1CCS(=O)(=O)C1. The molecule has 21 heavy (non-hydrogen) atoms. The fraction of sp³-hybridized carbons (Fsp3) is 0.929. The molecule has 3 unspecified atom stereocenters. The smallest absolute Gasteiger partial charge is 0.237 e. The van der Waals surface area contributed by atoms with Crippen molar-refractivity contribution in [3.63, 3.8) is 0 Å². The predicted octanol–water partition coefficient (Wildman–Crippen LogP) is 0.131. The summed E-state index contributed by atoms with van der Waals surface area (Å²) >= 11 is 0. The molecule has 2 rings (SSSR count). The molecule has 0 bridgehead atoms. The fourth-order valence-electron chi connectivity index (χ4n) is 3.35. The van der Waals surface area contributed by atoms with Crippen molar-refractivity contribution in [2.45, 2.75) is 45.4 Å². The second-order valence-electron chi connectivity index (χ2n) is 6.19. The number of likely N-dealkylation sites (N-methyl/N-ethyl adjacent to an activating group) is 1. The largest absolute Gasteiger partial charge is 0.373 e. The minimum atomic E-state index is -2.96. The molecule has 0 saturated carbocycles. The summed E-state index contributed by atoms with van der Waals surface area (Å²) in [5, 5.41) is 0. The van der Waals surface area contributed by atoms with Crippen LogP contribution in [0.1, 0.15) is 27.2 Å². The van der Waals surface area contributed by atoms with Gasteiger partial charge in [-0.1, -0.05) is 0 Å². The zero-order valence-corrected chi connectivity index (χ0v) is 13.9. The lowest BCUT2D eigenvalue weighted by atomic mass is 10.2. The lowest BCUT2D eigenvalue weighted by Gasteiger charge is -2.36. The van der Waals surface area contributed by atoms with Gasteiger partial charge in [0.1, 0.15) is 0 Å². The van der Waals surface area contributed by atoms with E-state index in [1.165, 1.54) is 0 Å². The summed E-state index contributed by atoms with van der Waals surface area (Å²) in [6.07, 6.45) is 0.824. The van der Waals surface area contributed by atoms with Crippen molar-refractivity contribution in [2.24, 2.45) is 0 Å². The standard InChI is InChI=1S/C14H26N2O4S/c1-4-16(13-5-6-21(18,19)10-13)14(17)9-15-7-11(2)20-12(3)8-15/h11-13H,4-10H2,1-3H3. The summed E-state index contributed by atoms with van der Waals surface area (Å²) in [6, 6.07) is -0.150. The molecule has 0 aromatic heterocycles. The van der Waals surface area contributed by atoms with Gasteiger partial charge in [0, 0.05) is 25.7 Å². The molecule has 0 aromatic rings. The van der Waals surface area contributed by atoms with Crippen LogP contribution in [0.3, 0.4) is 0 Å². The molecule has 2 fully saturated rings. The summed E-state index contributed by atoms with van der Waals surface area (Å²) in [5.41, 5.74) is 0. The van der Waals surface area contributed by atoms with Crippen molar-refractivity contribution >= 4 is 15.7 Å². The van der Waals surface area contributed by atoms with E-state index in [0.29, 0.717) is 19.5 Å². The third-order valence-electron chi connectivity index (χ3n) is 4.16. The third-order valence-corrected chi connectivity index (χ3v) is 5.91. The van der Waals surface area contributed by atoms with E-state index in [2.05, 4.69) is 4.90 Å². The highest BCUT2D eigenvalue weighted by Crippen LogP contribution is 2.18. The maximum absolute atomic E-state index is 12.5. The van der Waals surface area contributed by atoms with E-state index < -0.39 is 9.84 Å². The molecule has 0 aromatic carbocycles. The van der Waals surface area contributed by atoms with Crippen molar-refractivity contribution in [2.75, 3.05) is 37.7 Å². The molecule has 0 spiro atoms. The van der Waals surface area contributed by atoms with Crippen LogP contribution in [0.5, 0.6) is 0 Å². The van der Waals surface area contributed by atoms with Crippen LogP contribution in [0.2, 0.25) is 0 Å². The van der Waals surface area contributed by atoms with Crippen LogP contribution < -0.4 is 0 Å². The second kappa shape index (κ2) is 6.62. The van der Waals surface area contributed by atoms with Crippen LogP contribution in [-0.2, 0) is 19.4 Å². The Hall–Kier alpha value is -0.660. The first kappa shape index (κ1) is 16.7. The first-order valence-corrected chi connectivity index (χ1v) is 9.50. The van der Waals surface area contributed by atoms with Crippen molar-refractivity contribution in [1.82, 2.24) is 9.80 Å². The number of hydrogen-bond acceptors (Lipinski definition) is 5. The van der Waals surface area contributed by atoms with Gasteiger partial charge in [0.25, 0.3) is 0 Å². The second-order valence-corrected chi connectivity index (χ2v) is 8.42. The highest BCUT2D eigenvalue weighted by atomic mass is 32.2. The van der Waals surface area contributed by atoms with Crippen molar-refractivity contribution in [1.29, 1.82) is 0 Å². The fourth-order valence-corrected chi connectivity index (χ4v) is 5.09. The van der Waals surface area contributed by atoms with Gasteiger partial charge in [0.15, 0.2) is 9.84 Å². The van der Waals surface area contributed by atoms with Crippen LogP contribution in [0.25, 0.3) is 0 Å². The van der Waals surface area contributed by atoms with E-state index in [0.717, 1.165) is 13.1 Å². The van der Waals surface area contributed by atoms with E-state index >= 15 is 0 Å². The Morgan fingerprint density at radius 3 is 2.38 bits per heavy atom. The van der Waals surface area contributed by atoms with Crippen molar-refractivity contribution in [3.8, 4) is 0 Å². The number of carbonyl (C=O) groups excluding carboxylic acids is 1. The molecule has 3 atom stereocenters. The van der Waals surface area contributed by atoms with Gasteiger partial charge in [0.05, 0.1) is 30.3 Å². The number of morpholine rings is 1. The van der Waals surface area contributed by atoms with Gasteiger partial charge in [0.2, 0.25) is 5.91 Å². The molecule has 2 aliphatic rings. The number of carbonyl (C=O) groups is 1. The summed E-state index contributed by atoms with van der Waals surface area (Å²) in [7, 11) is -2.96. The number of nitrogens with zero attached hydrogens (tertiary/aromatic N) is 2. The maximum atomic E-state index is 12.5. The van der Waals surface area contributed by atoms with Crippen LogP contribution in [0.4, 0.5) is 0 Å². The Balaban J connectivity index is 1.94. The summed E-state index contributed by atoms with van der Waals surface area (Å²) < 4.78 is 28.9.